The highest BCUT2D eigenvalue weighted by molar-refractivity contribution is 5.69. The second-order valence-electron chi connectivity index (χ2n) is 3.66. The van der Waals surface area contributed by atoms with Crippen LogP contribution in [-0.2, 0) is 0 Å². The van der Waals surface area contributed by atoms with Gasteiger partial charge in [-0.15, -0.1) is 0 Å². The Bertz CT molecular complexity index is 635. The maximum absolute atomic E-state index is 9.06. The van der Waals surface area contributed by atoms with E-state index in [9.17, 15) is 0 Å². The number of rotatable bonds is 2. The molecule has 2 N–H and O–H groups in total. The fourth-order valence-electron chi connectivity index (χ4n) is 1.62. The Hall–Kier alpha value is -2.82. The molecule has 0 aromatic heterocycles. The maximum Gasteiger partial charge on any atom is 0.101 e. The van der Waals surface area contributed by atoms with Crippen molar-refractivity contribution >= 4 is 11.4 Å². The van der Waals surface area contributed by atoms with Gasteiger partial charge in [0, 0.05) is 0 Å². The number of para-hydroxylation sites is 1. The lowest BCUT2D eigenvalue weighted by Gasteiger charge is -2.19. The summed E-state index contributed by atoms with van der Waals surface area (Å²) in [5.41, 5.74) is 2.17. The minimum atomic E-state index is 0.431. The Morgan fingerprint density at radius 1 is 0.944 bits per heavy atom. The van der Waals surface area contributed by atoms with Gasteiger partial charge in [-0.2, -0.15) is 10.5 Å². The summed E-state index contributed by atoms with van der Waals surface area (Å²) in [5, 5.41) is 19.4. The molecular formula is C14H10N4. The van der Waals surface area contributed by atoms with Crippen molar-refractivity contribution in [1.82, 2.24) is 0 Å². The van der Waals surface area contributed by atoms with Gasteiger partial charge in [-0.1, -0.05) is 18.2 Å². The fraction of sp³-hybridized carbons (Fsp3) is 0. The molecule has 0 spiro atoms. The molecule has 86 valence electrons. The van der Waals surface area contributed by atoms with Gasteiger partial charge in [0.05, 0.1) is 28.6 Å². The minimum absolute atomic E-state index is 0.431. The van der Waals surface area contributed by atoms with E-state index in [4.69, 9.17) is 16.4 Å². The van der Waals surface area contributed by atoms with Crippen LogP contribution in [0.4, 0.5) is 11.4 Å². The van der Waals surface area contributed by atoms with Crippen molar-refractivity contribution in [3.8, 4) is 12.1 Å². The van der Waals surface area contributed by atoms with Gasteiger partial charge in [0.1, 0.15) is 6.07 Å². The summed E-state index contributed by atoms with van der Waals surface area (Å²) in [6.45, 7) is 0. The number of hydrazine groups is 1. The van der Waals surface area contributed by atoms with Gasteiger partial charge in [0.15, 0.2) is 0 Å². The van der Waals surface area contributed by atoms with E-state index in [1.165, 1.54) is 5.01 Å². The lowest BCUT2D eigenvalue weighted by molar-refractivity contribution is 1.08. The Morgan fingerprint density at radius 3 is 2.28 bits per heavy atom. The van der Waals surface area contributed by atoms with Gasteiger partial charge in [-0.05, 0) is 30.3 Å². The normalized spacial score (nSPS) is 9.28. The minimum Gasteiger partial charge on any atom is -0.278 e. The van der Waals surface area contributed by atoms with Crippen molar-refractivity contribution in [1.29, 1.82) is 10.5 Å². The molecule has 0 amide bonds. The zero-order valence-corrected chi connectivity index (χ0v) is 9.54. The zero-order chi connectivity index (χ0) is 13.0. The van der Waals surface area contributed by atoms with Gasteiger partial charge in [0.2, 0.25) is 0 Å². The third-order valence-corrected chi connectivity index (χ3v) is 2.54. The van der Waals surface area contributed by atoms with E-state index in [1.807, 2.05) is 36.4 Å². The highest BCUT2D eigenvalue weighted by atomic mass is 15.4. The number of hydrogen-bond acceptors (Lipinski definition) is 4. The molecule has 4 heteroatoms. The molecule has 0 aliphatic carbocycles. The van der Waals surface area contributed by atoms with Gasteiger partial charge < -0.3 is 0 Å². The van der Waals surface area contributed by atoms with Crippen LogP contribution in [0.2, 0.25) is 0 Å². The molecule has 0 atom stereocenters. The van der Waals surface area contributed by atoms with Crippen molar-refractivity contribution < 1.29 is 0 Å². The predicted molar refractivity (Wildman–Crippen MR) is 68.6 cm³/mol. The van der Waals surface area contributed by atoms with Gasteiger partial charge in [0.25, 0.3) is 0 Å². The average molecular weight is 234 g/mol. The van der Waals surface area contributed by atoms with Crippen LogP contribution in [0, 0.1) is 22.7 Å². The van der Waals surface area contributed by atoms with Gasteiger partial charge in [-0.3, -0.25) is 5.01 Å². The SMILES string of the molecule is N#Cc1ccc(C#N)c(N(N)c2ccccc2)c1. The number of anilines is 2. The molecule has 4 nitrogen and oxygen atoms in total. The fourth-order valence-corrected chi connectivity index (χ4v) is 1.62. The smallest absolute Gasteiger partial charge is 0.101 e. The monoisotopic (exact) mass is 234 g/mol. The summed E-state index contributed by atoms with van der Waals surface area (Å²) < 4.78 is 0. The molecular weight excluding hydrogens is 224 g/mol. The van der Waals surface area contributed by atoms with Crippen LogP contribution in [0.5, 0.6) is 0 Å². The van der Waals surface area contributed by atoms with E-state index in [0.717, 1.165) is 5.69 Å². The topological polar surface area (TPSA) is 76.8 Å². The largest absolute Gasteiger partial charge is 0.278 e. The number of nitrogens with zero attached hydrogens (tertiary/aromatic N) is 3. The molecule has 2 aromatic carbocycles. The van der Waals surface area contributed by atoms with Gasteiger partial charge >= 0.3 is 0 Å². The Morgan fingerprint density at radius 2 is 1.67 bits per heavy atom. The quantitative estimate of drug-likeness (QED) is 0.639. The number of benzene rings is 2. The first kappa shape index (κ1) is 11.7. The standard InChI is InChI=1S/C14H10N4/c15-9-11-6-7-12(10-16)14(8-11)18(17)13-4-2-1-3-5-13/h1-8H,17H2. The molecule has 0 unspecified atom stereocenters. The van der Waals surface area contributed by atoms with Crippen LogP contribution in [0.25, 0.3) is 0 Å². The lowest BCUT2D eigenvalue weighted by atomic mass is 10.1. The second-order valence-corrected chi connectivity index (χ2v) is 3.66. The summed E-state index contributed by atoms with van der Waals surface area (Å²) in [5.74, 6) is 5.99. The molecule has 0 fully saturated rings. The maximum atomic E-state index is 9.06. The summed E-state index contributed by atoms with van der Waals surface area (Å²) in [4.78, 5) is 0. The molecule has 18 heavy (non-hydrogen) atoms. The van der Waals surface area contributed by atoms with Crippen molar-refractivity contribution in [2.45, 2.75) is 0 Å². The first-order valence-corrected chi connectivity index (χ1v) is 5.30. The third-order valence-electron chi connectivity index (χ3n) is 2.54. The number of nitrogens with two attached hydrogens (primary N) is 1. The van der Waals surface area contributed by atoms with E-state index in [0.29, 0.717) is 16.8 Å². The molecule has 0 saturated heterocycles. The van der Waals surface area contributed by atoms with Crippen molar-refractivity contribution in [3.05, 3.63) is 59.7 Å². The van der Waals surface area contributed by atoms with E-state index >= 15 is 0 Å². The molecule has 0 saturated carbocycles. The first-order chi connectivity index (χ1) is 8.76. The molecule has 0 heterocycles. The second kappa shape index (κ2) is 5.01. The summed E-state index contributed by atoms with van der Waals surface area (Å²) in [7, 11) is 0. The molecule has 0 bridgehead atoms. The van der Waals surface area contributed by atoms with Crippen molar-refractivity contribution in [2.75, 3.05) is 5.01 Å². The molecule has 0 aliphatic rings. The molecule has 0 radical (unpaired) electrons. The van der Waals surface area contributed by atoms with Crippen LogP contribution in [0.15, 0.2) is 48.5 Å². The Balaban J connectivity index is 2.51. The van der Waals surface area contributed by atoms with Crippen LogP contribution >= 0.6 is 0 Å². The molecule has 0 aliphatic heterocycles. The average Bonchev–Trinajstić information content (AvgIpc) is 2.46. The van der Waals surface area contributed by atoms with E-state index in [2.05, 4.69) is 6.07 Å². The van der Waals surface area contributed by atoms with Crippen LogP contribution < -0.4 is 10.9 Å². The summed E-state index contributed by atoms with van der Waals surface area (Å²) in [6, 6.07) is 18.2. The predicted octanol–water partition coefficient (Wildman–Crippen LogP) is 2.44. The lowest BCUT2D eigenvalue weighted by Crippen LogP contribution is -2.25. The Labute approximate surface area is 105 Å². The number of nitriles is 2. The third kappa shape index (κ3) is 2.15. The van der Waals surface area contributed by atoms with E-state index < -0.39 is 0 Å². The Kier molecular flexibility index (Phi) is 3.24. The van der Waals surface area contributed by atoms with Crippen molar-refractivity contribution in [3.63, 3.8) is 0 Å². The van der Waals surface area contributed by atoms with Crippen LogP contribution in [0.1, 0.15) is 11.1 Å². The summed E-state index contributed by atoms with van der Waals surface area (Å²) in [6.07, 6.45) is 0. The molecule has 2 aromatic rings. The molecule has 2 rings (SSSR count). The zero-order valence-electron chi connectivity index (χ0n) is 9.54. The van der Waals surface area contributed by atoms with E-state index in [1.54, 1.807) is 18.2 Å². The first-order valence-electron chi connectivity index (χ1n) is 5.30. The van der Waals surface area contributed by atoms with Gasteiger partial charge in [-0.25, -0.2) is 5.84 Å². The highest BCUT2D eigenvalue weighted by Gasteiger charge is 2.10. The summed E-state index contributed by atoms with van der Waals surface area (Å²) >= 11 is 0. The van der Waals surface area contributed by atoms with Crippen molar-refractivity contribution in [2.24, 2.45) is 5.84 Å². The van der Waals surface area contributed by atoms with E-state index in [-0.39, 0.29) is 0 Å². The highest BCUT2D eigenvalue weighted by Crippen LogP contribution is 2.25. The van der Waals surface area contributed by atoms with Crippen LogP contribution in [-0.4, -0.2) is 0 Å². The van der Waals surface area contributed by atoms with Crippen LogP contribution in [0.3, 0.4) is 0 Å². The number of hydrogen-bond donors (Lipinski definition) is 1.